The van der Waals surface area contributed by atoms with E-state index in [1.807, 2.05) is 0 Å². The fourth-order valence-corrected chi connectivity index (χ4v) is 12.6. The molecule has 56 heavy (non-hydrogen) atoms. The molecule has 2 heterocycles. The highest BCUT2D eigenvalue weighted by atomic mass is 16.7. The number of ether oxygens (including phenoxy) is 4. The summed E-state index contributed by atoms with van der Waals surface area (Å²) >= 11 is 0. The minimum Gasteiger partial charge on any atom is -0.394 e. The number of hydrogen-bond donors (Lipinski definition) is 10. The van der Waals surface area contributed by atoms with E-state index < -0.39 is 104 Å². The van der Waals surface area contributed by atoms with Gasteiger partial charge in [0.2, 0.25) is 0 Å². The van der Waals surface area contributed by atoms with E-state index in [2.05, 4.69) is 47.6 Å². The SMILES string of the molecule is C[C@H](CC[C@@H](O)C(C)(C)O)[C@H]1CC[C@@]2(C)[C@@H]3CC=C4[C@@H](CC[C@H](O[C@@H]5O[C@H](CO[C@@H]6O[C@H](CO)[C@@H](O)[C@H](O)[C@H]6O)[C@@H](O)[C@H](O)[C@H]5O)C4(C)C)[C@]3(C)[C@H](O)C[C@]12C. The fourth-order valence-electron chi connectivity index (χ4n) is 12.6. The van der Waals surface area contributed by atoms with E-state index in [-0.39, 0.29) is 28.1 Å². The highest BCUT2D eigenvalue weighted by Gasteiger charge is 2.70. The number of aliphatic hydroxyl groups is 10. The molecule has 14 nitrogen and oxygen atoms in total. The third-order valence-electron chi connectivity index (χ3n) is 16.6. The molecule has 0 bridgehead atoms. The molecular weight excluding hydrogens is 728 g/mol. The first kappa shape index (κ1) is 44.7. The molecule has 4 aliphatic carbocycles. The molecular formula is C42H72O14. The minimum atomic E-state index is -1.67. The van der Waals surface area contributed by atoms with Crippen molar-refractivity contribution >= 4 is 0 Å². The number of allylic oxidation sites excluding steroid dienone is 1. The minimum absolute atomic E-state index is 0.0159. The fraction of sp³-hybridized carbons (Fsp3) is 0.952. The molecule has 2 saturated heterocycles. The van der Waals surface area contributed by atoms with Crippen LogP contribution in [0.15, 0.2) is 11.6 Å². The van der Waals surface area contributed by atoms with Crippen molar-refractivity contribution in [1.29, 1.82) is 0 Å². The van der Waals surface area contributed by atoms with Gasteiger partial charge in [-0.1, -0.05) is 53.2 Å². The van der Waals surface area contributed by atoms with Crippen LogP contribution in [0.25, 0.3) is 0 Å². The molecule has 0 radical (unpaired) electrons. The highest BCUT2D eigenvalue weighted by Crippen LogP contribution is 2.75. The van der Waals surface area contributed by atoms with Gasteiger partial charge < -0.3 is 70.0 Å². The van der Waals surface area contributed by atoms with Crippen molar-refractivity contribution in [2.75, 3.05) is 13.2 Å². The van der Waals surface area contributed by atoms with Gasteiger partial charge in [-0.3, -0.25) is 0 Å². The molecule has 3 saturated carbocycles. The molecule has 14 heteroatoms. The monoisotopic (exact) mass is 800 g/mol. The van der Waals surface area contributed by atoms with Crippen LogP contribution in [0.2, 0.25) is 0 Å². The highest BCUT2D eigenvalue weighted by molar-refractivity contribution is 5.32. The van der Waals surface area contributed by atoms with Gasteiger partial charge in [0, 0.05) is 10.8 Å². The molecule has 6 aliphatic rings. The van der Waals surface area contributed by atoms with Crippen molar-refractivity contribution in [3.63, 3.8) is 0 Å². The number of aliphatic hydroxyl groups excluding tert-OH is 9. The van der Waals surface area contributed by atoms with E-state index in [9.17, 15) is 51.1 Å². The molecule has 0 amide bonds. The first-order valence-electron chi connectivity index (χ1n) is 21.0. The molecule has 0 spiro atoms. The molecule has 0 aromatic heterocycles. The summed E-state index contributed by atoms with van der Waals surface area (Å²) in [6.45, 7) is 15.8. The quantitative estimate of drug-likeness (QED) is 0.132. The van der Waals surface area contributed by atoms with Crippen LogP contribution >= 0.6 is 0 Å². The number of hydrogen-bond acceptors (Lipinski definition) is 14. The predicted molar refractivity (Wildman–Crippen MR) is 202 cm³/mol. The maximum absolute atomic E-state index is 12.4. The van der Waals surface area contributed by atoms with E-state index in [4.69, 9.17) is 18.9 Å². The largest absolute Gasteiger partial charge is 0.394 e. The maximum Gasteiger partial charge on any atom is 0.187 e. The van der Waals surface area contributed by atoms with E-state index in [0.29, 0.717) is 31.1 Å². The van der Waals surface area contributed by atoms with Gasteiger partial charge in [-0.15, -0.1) is 0 Å². The Morgan fingerprint density at radius 1 is 0.804 bits per heavy atom. The zero-order valence-corrected chi connectivity index (χ0v) is 34.6. The summed E-state index contributed by atoms with van der Waals surface area (Å²) < 4.78 is 23.6. The van der Waals surface area contributed by atoms with Crippen LogP contribution < -0.4 is 0 Å². The summed E-state index contributed by atoms with van der Waals surface area (Å²) in [5.41, 5.74) is -0.985. The average Bonchev–Trinajstić information content (AvgIpc) is 3.40. The lowest BCUT2D eigenvalue weighted by Gasteiger charge is -2.67. The Hall–Kier alpha value is -0.820. The van der Waals surface area contributed by atoms with Gasteiger partial charge in [0.1, 0.15) is 48.8 Å². The first-order valence-corrected chi connectivity index (χ1v) is 21.0. The summed E-state index contributed by atoms with van der Waals surface area (Å²) in [5, 5.41) is 106. The van der Waals surface area contributed by atoms with Gasteiger partial charge in [0.25, 0.3) is 0 Å². The maximum atomic E-state index is 12.4. The average molecular weight is 801 g/mol. The second-order valence-electron chi connectivity index (χ2n) is 20.3. The van der Waals surface area contributed by atoms with Crippen LogP contribution in [0.5, 0.6) is 0 Å². The summed E-state index contributed by atoms with van der Waals surface area (Å²) in [4.78, 5) is 0. The molecule has 6 rings (SSSR count). The third kappa shape index (κ3) is 7.26. The van der Waals surface area contributed by atoms with Crippen LogP contribution in [-0.4, -0.2) is 150 Å². The summed E-state index contributed by atoms with van der Waals surface area (Å²) in [5.74, 6) is 1.05. The van der Waals surface area contributed by atoms with Crippen molar-refractivity contribution in [3.05, 3.63) is 11.6 Å². The van der Waals surface area contributed by atoms with Gasteiger partial charge in [-0.05, 0) is 99.7 Å². The lowest BCUT2D eigenvalue weighted by atomic mass is 9.38. The Morgan fingerprint density at radius 3 is 2.04 bits per heavy atom. The van der Waals surface area contributed by atoms with E-state index >= 15 is 0 Å². The zero-order chi connectivity index (χ0) is 41.5. The smallest absolute Gasteiger partial charge is 0.187 e. The van der Waals surface area contributed by atoms with E-state index in [1.165, 1.54) is 5.57 Å². The predicted octanol–water partition coefficient (Wildman–Crippen LogP) is 1.12. The second kappa shape index (κ2) is 15.9. The van der Waals surface area contributed by atoms with Crippen LogP contribution in [0.4, 0.5) is 0 Å². The zero-order valence-electron chi connectivity index (χ0n) is 34.6. The molecule has 0 aromatic carbocycles. The summed E-state index contributed by atoms with van der Waals surface area (Å²) in [6.07, 6.45) is -8.06. The third-order valence-corrected chi connectivity index (χ3v) is 16.6. The normalized spacial score (nSPS) is 50.3. The summed E-state index contributed by atoms with van der Waals surface area (Å²) in [6, 6.07) is 0. The van der Waals surface area contributed by atoms with Gasteiger partial charge in [-0.25, -0.2) is 0 Å². The van der Waals surface area contributed by atoms with Crippen molar-refractivity contribution in [2.45, 2.75) is 192 Å². The molecule has 10 N–H and O–H groups in total. The van der Waals surface area contributed by atoms with Crippen LogP contribution in [0, 0.1) is 45.3 Å². The van der Waals surface area contributed by atoms with Gasteiger partial charge in [0.05, 0.1) is 37.1 Å². The van der Waals surface area contributed by atoms with Crippen LogP contribution in [-0.2, 0) is 18.9 Å². The molecule has 0 unspecified atom stereocenters. The van der Waals surface area contributed by atoms with Crippen LogP contribution in [0.3, 0.4) is 0 Å². The van der Waals surface area contributed by atoms with Crippen molar-refractivity contribution in [3.8, 4) is 0 Å². The van der Waals surface area contributed by atoms with Crippen molar-refractivity contribution in [2.24, 2.45) is 45.3 Å². The topological polar surface area (TPSA) is 239 Å². The number of rotatable bonds is 11. The van der Waals surface area contributed by atoms with Gasteiger partial charge >= 0.3 is 0 Å². The molecule has 0 aromatic rings. The molecule has 20 atom stereocenters. The lowest BCUT2D eigenvalue weighted by Crippen LogP contribution is -2.65. The molecule has 2 aliphatic heterocycles. The van der Waals surface area contributed by atoms with Crippen LogP contribution in [0.1, 0.15) is 107 Å². The van der Waals surface area contributed by atoms with E-state index in [0.717, 1.165) is 32.1 Å². The van der Waals surface area contributed by atoms with Crippen molar-refractivity contribution in [1.82, 2.24) is 0 Å². The van der Waals surface area contributed by atoms with E-state index in [1.54, 1.807) is 13.8 Å². The Labute approximate surface area is 331 Å². The van der Waals surface area contributed by atoms with Gasteiger partial charge in [-0.2, -0.15) is 0 Å². The second-order valence-corrected chi connectivity index (χ2v) is 20.3. The lowest BCUT2D eigenvalue weighted by molar-refractivity contribution is -0.340. The Balaban J connectivity index is 1.16. The Kier molecular flexibility index (Phi) is 12.7. The van der Waals surface area contributed by atoms with Gasteiger partial charge in [0.15, 0.2) is 12.6 Å². The van der Waals surface area contributed by atoms with Crippen molar-refractivity contribution < 1.29 is 70.0 Å². The first-order chi connectivity index (χ1) is 25.9. The number of fused-ring (bicyclic) bond motifs is 5. The Bertz CT molecular complexity index is 1400. The Morgan fingerprint density at radius 2 is 1.41 bits per heavy atom. The molecule has 324 valence electrons. The summed E-state index contributed by atoms with van der Waals surface area (Å²) in [7, 11) is 0. The molecule has 5 fully saturated rings. The standard InChI is InChI=1S/C42H72O14/c1-20(9-13-27(44)39(4,5)52)21-15-16-40(6)26-12-10-22-23(42(26,8)28(45)17-41(21,40)7)11-14-29(38(22,2)3)56-37-35(51)33(49)31(47)25(55-37)19-53-36-34(50)32(48)30(46)24(18-43)54-36/h10,20-21,23-37,43-52H,9,11-19H2,1-8H3/t20-,21-,23-,24-,25-,26+,27-,28-,29+,30-,31-,32+,33+,34-,35-,36-,37+,40+,41-,42+/m1/s1.